The predicted octanol–water partition coefficient (Wildman–Crippen LogP) is 4.16. The second-order valence-corrected chi connectivity index (χ2v) is 6.06. The fourth-order valence-corrected chi connectivity index (χ4v) is 2.28. The molecule has 0 amide bonds. The van der Waals surface area contributed by atoms with Crippen molar-refractivity contribution in [1.82, 2.24) is 9.88 Å². The summed E-state index contributed by atoms with van der Waals surface area (Å²) in [5.74, 6) is 0.599. The Morgan fingerprint density at radius 1 is 1.00 bits per heavy atom. The Balaban J connectivity index is 2.04. The third-order valence-electron chi connectivity index (χ3n) is 3.61. The largest absolute Gasteiger partial charge is 0.346 e. The van der Waals surface area contributed by atoms with E-state index in [0.29, 0.717) is 12.0 Å². The molecule has 1 aromatic carbocycles. The molecule has 2 heteroatoms. The van der Waals surface area contributed by atoms with Gasteiger partial charge in [0.2, 0.25) is 0 Å². The van der Waals surface area contributed by atoms with Gasteiger partial charge in [0.1, 0.15) is 0 Å². The fraction of sp³-hybridized carbons (Fsp3) is 0.444. The van der Waals surface area contributed by atoms with Crippen LogP contribution in [0.3, 0.4) is 0 Å². The lowest BCUT2D eigenvalue weighted by Crippen LogP contribution is -2.23. The summed E-state index contributed by atoms with van der Waals surface area (Å²) in [5.41, 5.74) is 4.10. The molecule has 2 rings (SSSR count). The summed E-state index contributed by atoms with van der Waals surface area (Å²) in [4.78, 5) is 0. The van der Waals surface area contributed by atoms with Crippen LogP contribution in [0.15, 0.2) is 42.6 Å². The predicted molar refractivity (Wildman–Crippen MR) is 86.0 cm³/mol. The lowest BCUT2D eigenvalue weighted by atomic mass is 10.0. The number of hydrogen-bond acceptors (Lipinski definition) is 1. The fourth-order valence-electron chi connectivity index (χ4n) is 2.28. The highest BCUT2D eigenvalue weighted by atomic mass is 15.0. The maximum atomic E-state index is 3.48. The van der Waals surface area contributed by atoms with Gasteiger partial charge in [-0.3, -0.25) is 0 Å². The van der Waals surface area contributed by atoms with Crippen LogP contribution in [-0.2, 0) is 13.1 Å². The molecule has 2 aromatic rings. The number of nitrogens with one attached hydrogen (secondary N) is 1. The molecule has 20 heavy (non-hydrogen) atoms. The van der Waals surface area contributed by atoms with E-state index in [1.54, 1.807) is 0 Å². The van der Waals surface area contributed by atoms with Crippen LogP contribution in [0.5, 0.6) is 0 Å². The molecule has 0 saturated heterocycles. The van der Waals surface area contributed by atoms with Gasteiger partial charge in [-0.15, -0.1) is 0 Å². The summed E-state index contributed by atoms with van der Waals surface area (Å²) >= 11 is 0. The van der Waals surface area contributed by atoms with Crippen molar-refractivity contribution < 1.29 is 0 Å². The van der Waals surface area contributed by atoms with Gasteiger partial charge in [-0.1, -0.05) is 52.0 Å². The molecule has 0 radical (unpaired) electrons. The van der Waals surface area contributed by atoms with Crippen molar-refractivity contribution in [3.8, 4) is 0 Å². The molecule has 0 bridgehead atoms. The Labute approximate surface area is 122 Å². The van der Waals surface area contributed by atoms with Gasteiger partial charge in [-0.25, -0.2) is 0 Å². The standard InChI is InChI=1S/C18H26N2/c1-14(2)17-9-7-16(8-10-17)13-20-11-5-6-18(20)12-19-15(3)4/h5-11,14-15,19H,12-13H2,1-4H3. The van der Waals surface area contributed by atoms with Crippen LogP contribution in [0.1, 0.15) is 50.4 Å². The highest BCUT2D eigenvalue weighted by Crippen LogP contribution is 2.16. The van der Waals surface area contributed by atoms with E-state index in [0.717, 1.165) is 13.1 Å². The van der Waals surface area contributed by atoms with Gasteiger partial charge in [0.25, 0.3) is 0 Å². The number of nitrogens with zero attached hydrogens (tertiary/aromatic N) is 1. The van der Waals surface area contributed by atoms with E-state index in [2.05, 4.69) is 80.2 Å². The average Bonchev–Trinajstić information content (AvgIpc) is 2.84. The van der Waals surface area contributed by atoms with Gasteiger partial charge in [0.05, 0.1) is 0 Å². The summed E-state index contributed by atoms with van der Waals surface area (Å²) in [6, 6.07) is 13.8. The number of rotatable bonds is 6. The third-order valence-corrected chi connectivity index (χ3v) is 3.61. The Morgan fingerprint density at radius 3 is 2.30 bits per heavy atom. The van der Waals surface area contributed by atoms with Gasteiger partial charge < -0.3 is 9.88 Å². The molecule has 0 aliphatic carbocycles. The Kier molecular flexibility index (Phi) is 5.02. The van der Waals surface area contributed by atoms with Crippen molar-refractivity contribution in [2.24, 2.45) is 0 Å². The average molecular weight is 270 g/mol. The SMILES string of the molecule is CC(C)NCc1cccn1Cc1ccc(C(C)C)cc1. The summed E-state index contributed by atoms with van der Waals surface area (Å²) in [6.07, 6.45) is 2.16. The van der Waals surface area contributed by atoms with Crippen molar-refractivity contribution in [2.75, 3.05) is 0 Å². The van der Waals surface area contributed by atoms with Crippen molar-refractivity contribution >= 4 is 0 Å². The number of benzene rings is 1. The molecule has 2 nitrogen and oxygen atoms in total. The lowest BCUT2D eigenvalue weighted by molar-refractivity contribution is 0.564. The normalized spacial score (nSPS) is 11.5. The second kappa shape index (κ2) is 6.76. The Hall–Kier alpha value is -1.54. The topological polar surface area (TPSA) is 17.0 Å². The smallest absolute Gasteiger partial charge is 0.0473 e. The highest BCUT2D eigenvalue weighted by Gasteiger charge is 2.04. The summed E-state index contributed by atoms with van der Waals surface area (Å²) < 4.78 is 2.32. The molecule has 1 aromatic heterocycles. The van der Waals surface area contributed by atoms with Gasteiger partial charge in [0, 0.05) is 31.0 Å². The second-order valence-electron chi connectivity index (χ2n) is 6.06. The van der Waals surface area contributed by atoms with Gasteiger partial charge in [-0.05, 0) is 29.2 Å². The van der Waals surface area contributed by atoms with E-state index < -0.39 is 0 Å². The molecule has 108 valence electrons. The molecule has 0 unspecified atom stereocenters. The van der Waals surface area contributed by atoms with Crippen LogP contribution in [0.4, 0.5) is 0 Å². The lowest BCUT2D eigenvalue weighted by Gasteiger charge is -2.13. The maximum Gasteiger partial charge on any atom is 0.0473 e. The van der Waals surface area contributed by atoms with Crippen LogP contribution >= 0.6 is 0 Å². The quantitative estimate of drug-likeness (QED) is 0.834. The van der Waals surface area contributed by atoms with E-state index in [-0.39, 0.29) is 0 Å². The molecular formula is C18H26N2. The first-order valence-corrected chi connectivity index (χ1v) is 7.52. The van der Waals surface area contributed by atoms with Crippen LogP contribution in [0.2, 0.25) is 0 Å². The first-order chi connectivity index (χ1) is 9.56. The Bertz CT molecular complexity index is 521. The molecule has 0 atom stereocenters. The van der Waals surface area contributed by atoms with Gasteiger partial charge in [-0.2, -0.15) is 0 Å². The first-order valence-electron chi connectivity index (χ1n) is 7.52. The van der Waals surface area contributed by atoms with Gasteiger partial charge >= 0.3 is 0 Å². The molecular weight excluding hydrogens is 244 g/mol. The van der Waals surface area contributed by atoms with Crippen molar-refractivity contribution in [3.05, 3.63) is 59.4 Å². The zero-order valence-electron chi connectivity index (χ0n) is 13.1. The molecule has 0 aliphatic rings. The van der Waals surface area contributed by atoms with Crippen molar-refractivity contribution in [2.45, 2.75) is 52.7 Å². The number of aromatic nitrogens is 1. The minimum absolute atomic E-state index is 0.517. The minimum atomic E-state index is 0.517. The van der Waals surface area contributed by atoms with Crippen molar-refractivity contribution in [1.29, 1.82) is 0 Å². The molecule has 0 fully saturated rings. The van der Waals surface area contributed by atoms with Crippen LogP contribution in [-0.4, -0.2) is 10.6 Å². The van der Waals surface area contributed by atoms with E-state index in [1.165, 1.54) is 16.8 Å². The van der Waals surface area contributed by atoms with Crippen LogP contribution < -0.4 is 5.32 Å². The zero-order chi connectivity index (χ0) is 14.5. The van der Waals surface area contributed by atoms with E-state index in [4.69, 9.17) is 0 Å². The van der Waals surface area contributed by atoms with Crippen molar-refractivity contribution in [3.63, 3.8) is 0 Å². The van der Waals surface area contributed by atoms with E-state index in [9.17, 15) is 0 Å². The summed E-state index contributed by atoms with van der Waals surface area (Å²) in [6.45, 7) is 10.7. The Morgan fingerprint density at radius 2 is 1.70 bits per heavy atom. The molecule has 0 spiro atoms. The monoisotopic (exact) mass is 270 g/mol. The minimum Gasteiger partial charge on any atom is -0.346 e. The number of hydrogen-bond donors (Lipinski definition) is 1. The molecule has 0 aliphatic heterocycles. The molecule has 1 heterocycles. The highest BCUT2D eigenvalue weighted by molar-refractivity contribution is 5.25. The van der Waals surface area contributed by atoms with E-state index >= 15 is 0 Å². The first kappa shape index (κ1) is 14.9. The molecule has 1 N–H and O–H groups in total. The van der Waals surface area contributed by atoms with E-state index in [1.807, 2.05) is 0 Å². The maximum absolute atomic E-state index is 3.48. The summed E-state index contributed by atoms with van der Waals surface area (Å²) in [7, 11) is 0. The van der Waals surface area contributed by atoms with Crippen LogP contribution in [0.25, 0.3) is 0 Å². The zero-order valence-corrected chi connectivity index (χ0v) is 13.1. The van der Waals surface area contributed by atoms with Crippen LogP contribution in [0, 0.1) is 0 Å². The third kappa shape index (κ3) is 3.97. The van der Waals surface area contributed by atoms with Gasteiger partial charge in [0.15, 0.2) is 0 Å². The summed E-state index contributed by atoms with van der Waals surface area (Å²) in [5, 5.41) is 3.48. The molecule has 0 saturated carbocycles.